The summed E-state index contributed by atoms with van der Waals surface area (Å²) in [5, 5.41) is 9.15. The van der Waals surface area contributed by atoms with E-state index < -0.39 is 11.9 Å². The molecule has 1 amide bonds. The number of hydrogen-bond acceptors (Lipinski definition) is 3. The molecule has 1 aliphatic rings. The van der Waals surface area contributed by atoms with Crippen LogP contribution in [0.1, 0.15) is 55.5 Å². The molecule has 1 aromatic carbocycles. The van der Waals surface area contributed by atoms with Crippen molar-refractivity contribution in [3.63, 3.8) is 0 Å². The molecule has 2 atom stereocenters. The molecular weight excluding hydrogens is 306 g/mol. The first kappa shape index (κ1) is 18.2. The number of rotatable bonds is 5. The molecule has 5 nitrogen and oxygen atoms in total. The van der Waals surface area contributed by atoms with E-state index in [-0.39, 0.29) is 30.1 Å². The van der Waals surface area contributed by atoms with Gasteiger partial charge in [0.05, 0.1) is 11.8 Å². The van der Waals surface area contributed by atoms with Gasteiger partial charge < -0.3 is 10.0 Å². The van der Waals surface area contributed by atoms with Crippen molar-refractivity contribution >= 4 is 17.7 Å². The van der Waals surface area contributed by atoms with Crippen LogP contribution in [0.25, 0.3) is 0 Å². The van der Waals surface area contributed by atoms with E-state index in [2.05, 4.69) is 0 Å². The van der Waals surface area contributed by atoms with E-state index in [9.17, 15) is 14.4 Å². The molecule has 0 saturated carbocycles. The van der Waals surface area contributed by atoms with Gasteiger partial charge in [-0.15, -0.1) is 0 Å². The van der Waals surface area contributed by atoms with Gasteiger partial charge in [-0.3, -0.25) is 14.4 Å². The van der Waals surface area contributed by atoms with Crippen molar-refractivity contribution in [2.24, 2.45) is 11.8 Å². The Labute approximate surface area is 142 Å². The lowest BCUT2D eigenvalue weighted by atomic mass is 9.93. The average molecular weight is 331 g/mol. The van der Waals surface area contributed by atoms with Crippen molar-refractivity contribution in [1.82, 2.24) is 4.90 Å². The molecule has 1 aromatic rings. The number of carboxylic acid groups (broad SMARTS) is 1. The SMILES string of the molecule is CC(C)C(=O)c1ccc(C(C)C(=O)N2CCCC(C(=O)O)C2)cc1. The Hall–Kier alpha value is -2.17. The second-order valence-electron chi connectivity index (χ2n) is 6.82. The first-order valence-corrected chi connectivity index (χ1v) is 8.47. The lowest BCUT2D eigenvalue weighted by Gasteiger charge is -2.32. The summed E-state index contributed by atoms with van der Waals surface area (Å²) in [6.45, 7) is 6.43. The zero-order chi connectivity index (χ0) is 17.9. The largest absolute Gasteiger partial charge is 0.481 e. The number of carbonyl (C=O) groups is 3. The highest BCUT2D eigenvalue weighted by Crippen LogP contribution is 2.24. The zero-order valence-electron chi connectivity index (χ0n) is 14.5. The molecular formula is C19H25NO4. The van der Waals surface area contributed by atoms with Crippen molar-refractivity contribution in [3.05, 3.63) is 35.4 Å². The van der Waals surface area contributed by atoms with Gasteiger partial charge in [0.2, 0.25) is 5.91 Å². The molecule has 0 spiro atoms. The highest BCUT2D eigenvalue weighted by Gasteiger charge is 2.30. The molecule has 1 N–H and O–H groups in total. The van der Waals surface area contributed by atoms with Crippen LogP contribution in [0, 0.1) is 11.8 Å². The van der Waals surface area contributed by atoms with Gasteiger partial charge in [-0.25, -0.2) is 0 Å². The van der Waals surface area contributed by atoms with E-state index in [0.29, 0.717) is 18.5 Å². The second kappa shape index (κ2) is 7.60. The molecule has 1 saturated heterocycles. The maximum atomic E-state index is 12.7. The highest BCUT2D eigenvalue weighted by molar-refractivity contribution is 5.97. The lowest BCUT2D eigenvalue weighted by Crippen LogP contribution is -2.43. The third-order valence-electron chi connectivity index (χ3n) is 4.67. The monoisotopic (exact) mass is 331 g/mol. The summed E-state index contributed by atoms with van der Waals surface area (Å²) in [5.41, 5.74) is 1.50. The van der Waals surface area contributed by atoms with Crippen molar-refractivity contribution in [2.75, 3.05) is 13.1 Å². The Morgan fingerprint density at radius 2 is 1.75 bits per heavy atom. The summed E-state index contributed by atoms with van der Waals surface area (Å²) in [5.74, 6) is -1.68. The first-order chi connectivity index (χ1) is 11.3. The molecule has 130 valence electrons. The zero-order valence-corrected chi connectivity index (χ0v) is 14.5. The van der Waals surface area contributed by atoms with E-state index in [4.69, 9.17) is 5.11 Å². The van der Waals surface area contributed by atoms with Gasteiger partial charge >= 0.3 is 5.97 Å². The number of Topliss-reactive ketones (excluding diaryl/α,β-unsaturated/α-hetero) is 1. The van der Waals surface area contributed by atoms with Crippen LogP contribution >= 0.6 is 0 Å². The smallest absolute Gasteiger partial charge is 0.308 e. The second-order valence-corrected chi connectivity index (χ2v) is 6.82. The van der Waals surface area contributed by atoms with Crippen molar-refractivity contribution in [3.8, 4) is 0 Å². The summed E-state index contributed by atoms with van der Waals surface area (Å²) in [6.07, 6.45) is 1.34. The molecule has 24 heavy (non-hydrogen) atoms. The summed E-state index contributed by atoms with van der Waals surface area (Å²) in [4.78, 5) is 37.4. The Kier molecular flexibility index (Phi) is 5.75. The van der Waals surface area contributed by atoms with E-state index in [1.807, 2.05) is 32.9 Å². The molecule has 0 radical (unpaired) electrons. The predicted molar refractivity (Wildman–Crippen MR) is 91.0 cm³/mol. The number of likely N-dealkylation sites (tertiary alicyclic amines) is 1. The standard InChI is InChI=1S/C19H25NO4/c1-12(2)17(21)15-8-6-14(7-9-15)13(3)18(22)20-10-4-5-16(11-20)19(23)24/h6-9,12-13,16H,4-5,10-11H2,1-3H3,(H,23,24). The minimum atomic E-state index is -0.836. The summed E-state index contributed by atoms with van der Waals surface area (Å²) < 4.78 is 0. The normalized spacial score (nSPS) is 19.2. The Morgan fingerprint density at radius 3 is 2.29 bits per heavy atom. The predicted octanol–water partition coefficient (Wildman–Crippen LogP) is 2.95. The van der Waals surface area contributed by atoms with Gasteiger partial charge in [0.15, 0.2) is 5.78 Å². The quantitative estimate of drug-likeness (QED) is 0.842. The fraction of sp³-hybridized carbons (Fsp3) is 0.526. The van der Waals surface area contributed by atoms with E-state index in [1.165, 1.54) is 0 Å². The average Bonchev–Trinajstić information content (AvgIpc) is 2.60. The lowest BCUT2D eigenvalue weighted by molar-refractivity contribution is -0.146. The van der Waals surface area contributed by atoms with Gasteiger partial charge in [-0.05, 0) is 25.3 Å². The molecule has 0 bridgehead atoms. The van der Waals surface area contributed by atoms with Gasteiger partial charge in [0, 0.05) is 24.6 Å². The summed E-state index contributed by atoms with van der Waals surface area (Å²) >= 11 is 0. The van der Waals surface area contributed by atoms with Gasteiger partial charge in [-0.2, -0.15) is 0 Å². The van der Waals surface area contributed by atoms with Crippen LogP contribution in [-0.4, -0.2) is 40.8 Å². The molecule has 5 heteroatoms. The van der Waals surface area contributed by atoms with Gasteiger partial charge in [-0.1, -0.05) is 38.1 Å². The molecule has 2 rings (SSSR count). The van der Waals surface area contributed by atoms with Gasteiger partial charge in [0.25, 0.3) is 0 Å². The van der Waals surface area contributed by atoms with Crippen molar-refractivity contribution in [1.29, 1.82) is 0 Å². The van der Waals surface area contributed by atoms with Crippen LogP contribution in [0.2, 0.25) is 0 Å². The minimum absolute atomic E-state index is 0.0520. The van der Waals surface area contributed by atoms with Crippen molar-refractivity contribution in [2.45, 2.75) is 39.5 Å². The molecule has 1 heterocycles. The van der Waals surface area contributed by atoms with Crippen LogP contribution in [0.15, 0.2) is 24.3 Å². The fourth-order valence-corrected chi connectivity index (χ4v) is 3.06. The number of nitrogens with zero attached hydrogens (tertiary/aromatic N) is 1. The third-order valence-corrected chi connectivity index (χ3v) is 4.67. The number of aliphatic carboxylic acids is 1. The number of amides is 1. The number of carboxylic acids is 1. The van der Waals surface area contributed by atoms with E-state index >= 15 is 0 Å². The van der Waals surface area contributed by atoms with E-state index in [1.54, 1.807) is 17.0 Å². The molecule has 1 fully saturated rings. The maximum Gasteiger partial charge on any atom is 0.308 e. The van der Waals surface area contributed by atoms with Crippen LogP contribution in [0.4, 0.5) is 0 Å². The maximum absolute atomic E-state index is 12.7. The molecule has 2 unspecified atom stereocenters. The number of benzene rings is 1. The summed E-state index contributed by atoms with van der Waals surface area (Å²) in [6, 6.07) is 7.16. The molecule has 0 aromatic heterocycles. The van der Waals surface area contributed by atoms with Gasteiger partial charge in [0.1, 0.15) is 0 Å². The topological polar surface area (TPSA) is 74.7 Å². The first-order valence-electron chi connectivity index (χ1n) is 8.47. The molecule has 0 aliphatic carbocycles. The number of piperidine rings is 1. The molecule has 1 aliphatic heterocycles. The Balaban J connectivity index is 2.07. The number of carbonyl (C=O) groups excluding carboxylic acids is 2. The Morgan fingerprint density at radius 1 is 1.12 bits per heavy atom. The van der Waals surface area contributed by atoms with Crippen LogP contribution in [0.3, 0.4) is 0 Å². The Bertz CT molecular complexity index is 621. The van der Waals surface area contributed by atoms with Crippen LogP contribution in [0.5, 0.6) is 0 Å². The van der Waals surface area contributed by atoms with Crippen molar-refractivity contribution < 1.29 is 19.5 Å². The number of ketones is 1. The minimum Gasteiger partial charge on any atom is -0.481 e. The number of hydrogen-bond donors (Lipinski definition) is 1. The van der Waals surface area contributed by atoms with Crippen LogP contribution in [-0.2, 0) is 9.59 Å². The fourth-order valence-electron chi connectivity index (χ4n) is 3.06. The summed E-state index contributed by atoms with van der Waals surface area (Å²) in [7, 11) is 0. The van der Waals surface area contributed by atoms with Crippen LogP contribution < -0.4 is 0 Å². The third kappa shape index (κ3) is 4.02. The highest BCUT2D eigenvalue weighted by atomic mass is 16.4. The van der Waals surface area contributed by atoms with E-state index in [0.717, 1.165) is 12.0 Å².